The summed E-state index contributed by atoms with van der Waals surface area (Å²) in [6.07, 6.45) is 1.57. The first kappa shape index (κ1) is 8.94. The molecule has 0 fully saturated rings. The maximum atomic E-state index is 11.3. The average molecular weight is 233 g/mol. The molecule has 0 saturated carbocycles. The molecule has 0 saturated heterocycles. The van der Waals surface area contributed by atoms with Gasteiger partial charge in [-0.2, -0.15) is 0 Å². The van der Waals surface area contributed by atoms with Gasteiger partial charge in [-0.15, -0.1) is 11.3 Å². The highest BCUT2D eigenvalue weighted by atomic mass is 79.9. The van der Waals surface area contributed by atoms with E-state index in [9.17, 15) is 4.79 Å². The molecule has 1 heterocycles. The summed E-state index contributed by atoms with van der Waals surface area (Å²) in [7, 11) is 0. The zero-order valence-corrected chi connectivity index (χ0v) is 8.67. The summed E-state index contributed by atoms with van der Waals surface area (Å²) in [6, 6.07) is 1.87. The van der Waals surface area contributed by atoms with Gasteiger partial charge >= 0.3 is 0 Å². The van der Waals surface area contributed by atoms with Crippen LogP contribution < -0.4 is 0 Å². The Bertz CT molecular complexity index is 254. The zero-order chi connectivity index (χ0) is 8.27. The number of carbonyl (C=O) groups is 1. The van der Waals surface area contributed by atoms with Crippen molar-refractivity contribution in [3.05, 3.63) is 20.8 Å². The normalized spacial score (nSPS) is 10.0. The van der Waals surface area contributed by atoms with E-state index in [-0.39, 0.29) is 5.78 Å². The topological polar surface area (TPSA) is 17.1 Å². The summed E-state index contributed by atoms with van der Waals surface area (Å²) < 4.78 is 0.955. The maximum absolute atomic E-state index is 11.3. The molecule has 11 heavy (non-hydrogen) atoms. The van der Waals surface area contributed by atoms with E-state index in [4.69, 9.17) is 0 Å². The minimum atomic E-state index is 0.237. The molecule has 0 atom stereocenters. The van der Waals surface area contributed by atoms with Gasteiger partial charge in [0, 0.05) is 12.0 Å². The van der Waals surface area contributed by atoms with Gasteiger partial charge in [0.1, 0.15) is 0 Å². The fourth-order valence-electron chi connectivity index (χ4n) is 0.855. The molecule has 0 aliphatic rings. The average Bonchev–Trinajstić information content (AvgIpc) is 2.36. The van der Waals surface area contributed by atoms with Crippen molar-refractivity contribution in [3.63, 3.8) is 0 Å². The van der Waals surface area contributed by atoms with Gasteiger partial charge < -0.3 is 0 Å². The molecule has 0 aromatic carbocycles. The first-order valence-electron chi connectivity index (χ1n) is 3.52. The maximum Gasteiger partial charge on any atom is 0.164 e. The second kappa shape index (κ2) is 4.02. The second-order valence-corrected chi connectivity index (χ2v) is 4.52. The Kier molecular flexibility index (Phi) is 3.27. The summed E-state index contributed by atoms with van der Waals surface area (Å²) >= 11 is 4.89. The lowest BCUT2D eigenvalue weighted by Crippen LogP contribution is -1.95. The van der Waals surface area contributed by atoms with Gasteiger partial charge in [0.15, 0.2) is 5.78 Å². The molecule has 1 aromatic heterocycles. The van der Waals surface area contributed by atoms with Crippen LogP contribution in [0.15, 0.2) is 15.2 Å². The molecule has 1 rings (SSSR count). The van der Waals surface area contributed by atoms with Gasteiger partial charge in [0.25, 0.3) is 0 Å². The van der Waals surface area contributed by atoms with Crippen LogP contribution in [0.3, 0.4) is 0 Å². The Morgan fingerprint density at radius 1 is 1.73 bits per heavy atom. The monoisotopic (exact) mass is 232 g/mol. The third-order valence-electron chi connectivity index (χ3n) is 1.40. The molecular weight excluding hydrogens is 224 g/mol. The van der Waals surface area contributed by atoms with Crippen LogP contribution >= 0.6 is 27.3 Å². The number of Topliss-reactive ketones (excluding diaryl/α,β-unsaturated/α-hetero) is 1. The molecular formula is C8H9BrOS. The van der Waals surface area contributed by atoms with Crippen LogP contribution in [0.5, 0.6) is 0 Å². The van der Waals surface area contributed by atoms with E-state index in [0.29, 0.717) is 6.42 Å². The highest BCUT2D eigenvalue weighted by Gasteiger charge is 2.08. The van der Waals surface area contributed by atoms with Crippen LogP contribution in [-0.4, -0.2) is 5.78 Å². The predicted molar refractivity (Wildman–Crippen MR) is 51.3 cm³/mol. The second-order valence-electron chi connectivity index (χ2n) is 2.28. The number of halogens is 1. The Labute approximate surface area is 78.6 Å². The number of hydrogen-bond acceptors (Lipinski definition) is 2. The van der Waals surface area contributed by atoms with Gasteiger partial charge in [0.2, 0.25) is 0 Å². The number of ketones is 1. The fourth-order valence-corrected chi connectivity index (χ4v) is 2.16. The summed E-state index contributed by atoms with van der Waals surface area (Å²) in [5, 5.41) is 1.92. The van der Waals surface area contributed by atoms with Gasteiger partial charge in [-0.05, 0) is 33.8 Å². The smallest absolute Gasteiger partial charge is 0.164 e. The molecule has 0 radical (unpaired) electrons. The first-order chi connectivity index (χ1) is 5.25. The summed E-state index contributed by atoms with van der Waals surface area (Å²) in [5.74, 6) is 0.237. The zero-order valence-electron chi connectivity index (χ0n) is 6.26. The van der Waals surface area contributed by atoms with Crippen molar-refractivity contribution in [1.82, 2.24) is 0 Å². The predicted octanol–water partition coefficient (Wildman–Crippen LogP) is 3.49. The molecule has 1 nitrogen and oxygen atoms in total. The standard InChI is InChI=1S/C8H9BrOS/c1-2-3-7(10)6-4-5-11-8(6)9/h4-5H,2-3H2,1H3. The Morgan fingerprint density at radius 3 is 2.91 bits per heavy atom. The third kappa shape index (κ3) is 2.14. The van der Waals surface area contributed by atoms with Crippen LogP contribution in [0.4, 0.5) is 0 Å². The van der Waals surface area contributed by atoms with Crippen LogP contribution in [0, 0.1) is 0 Å². The lowest BCUT2D eigenvalue weighted by atomic mass is 10.1. The van der Waals surface area contributed by atoms with Crippen molar-refractivity contribution in [2.45, 2.75) is 19.8 Å². The van der Waals surface area contributed by atoms with Crippen molar-refractivity contribution in [1.29, 1.82) is 0 Å². The highest BCUT2D eigenvalue weighted by Crippen LogP contribution is 2.24. The van der Waals surface area contributed by atoms with Crippen LogP contribution in [0.2, 0.25) is 0 Å². The van der Waals surface area contributed by atoms with Crippen LogP contribution in [0.1, 0.15) is 30.1 Å². The van der Waals surface area contributed by atoms with E-state index in [1.807, 2.05) is 18.4 Å². The number of rotatable bonds is 3. The summed E-state index contributed by atoms with van der Waals surface area (Å²) in [5.41, 5.74) is 0.830. The SMILES string of the molecule is CCCC(=O)c1ccsc1Br. The Morgan fingerprint density at radius 2 is 2.45 bits per heavy atom. The Hall–Kier alpha value is -0.150. The molecule has 0 aliphatic heterocycles. The lowest BCUT2D eigenvalue weighted by Gasteiger charge is -1.94. The van der Waals surface area contributed by atoms with Crippen molar-refractivity contribution in [2.75, 3.05) is 0 Å². The van der Waals surface area contributed by atoms with E-state index in [1.54, 1.807) is 11.3 Å². The van der Waals surface area contributed by atoms with Gasteiger partial charge in [-0.25, -0.2) is 0 Å². The lowest BCUT2D eigenvalue weighted by molar-refractivity contribution is 0.0981. The molecule has 1 aromatic rings. The molecule has 0 spiro atoms. The van der Waals surface area contributed by atoms with Gasteiger partial charge in [0.05, 0.1) is 3.79 Å². The Balaban J connectivity index is 2.76. The number of hydrogen-bond donors (Lipinski definition) is 0. The fraction of sp³-hybridized carbons (Fsp3) is 0.375. The first-order valence-corrected chi connectivity index (χ1v) is 5.19. The number of thiophene rings is 1. The van der Waals surface area contributed by atoms with E-state index in [0.717, 1.165) is 15.8 Å². The molecule has 0 aliphatic carbocycles. The van der Waals surface area contributed by atoms with Gasteiger partial charge in [-0.3, -0.25) is 4.79 Å². The van der Waals surface area contributed by atoms with Crippen molar-refractivity contribution in [2.24, 2.45) is 0 Å². The minimum Gasteiger partial charge on any atom is -0.294 e. The molecule has 0 bridgehead atoms. The molecule has 0 N–H and O–H groups in total. The molecule has 0 amide bonds. The van der Waals surface area contributed by atoms with E-state index in [1.165, 1.54) is 0 Å². The van der Waals surface area contributed by atoms with Crippen molar-refractivity contribution >= 4 is 33.0 Å². The van der Waals surface area contributed by atoms with Crippen molar-refractivity contribution in [3.8, 4) is 0 Å². The summed E-state index contributed by atoms with van der Waals surface area (Å²) in [6.45, 7) is 2.01. The van der Waals surface area contributed by atoms with Crippen molar-refractivity contribution < 1.29 is 4.79 Å². The van der Waals surface area contributed by atoms with E-state index < -0.39 is 0 Å². The highest BCUT2D eigenvalue weighted by molar-refractivity contribution is 9.11. The largest absolute Gasteiger partial charge is 0.294 e. The molecule has 3 heteroatoms. The number of carbonyl (C=O) groups excluding carboxylic acids is 1. The van der Waals surface area contributed by atoms with Gasteiger partial charge in [-0.1, -0.05) is 6.92 Å². The van der Waals surface area contributed by atoms with E-state index >= 15 is 0 Å². The third-order valence-corrected chi connectivity index (χ3v) is 3.08. The molecule has 0 unspecified atom stereocenters. The quantitative estimate of drug-likeness (QED) is 0.730. The van der Waals surface area contributed by atoms with Crippen LogP contribution in [0.25, 0.3) is 0 Å². The minimum absolute atomic E-state index is 0.237. The summed E-state index contributed by atoms with van der Waals surface area (Å²) in [4.78, 5) is 11.3. The molecule has 60 valence electrons. The van der Waals surface area contributed by atoms with E-state index in [2.05, 4.69) is 15.9 Å². The van der Waals surface area contributed by atoms with Crippen LogP contribution in [-0.2, 0) is 0 Å².